The third kappa shape index (κ3) is 4.22. The van der Waals surface area contributed by atoms with Gasteiger partial charge in [-0.15, -0.1) is 5.10 Å². The largest absolute Gasteiger partial charge is 0.366 e. The average molecular weight is 532 g/mol. The smallest absolute Gasteiger partial charge is 0.252 e. The molecule has 0 fully saturated rings. The van der Waals surface area contributed by atoms with Crippen LogP contribution in [0, 0.1) is 0 Å². The van der Waals surface area contributed by atoms with Gasteiger partial charge in [-0.1, -0.05) is 40.5 Å². The van der Waals surface area contributed by atoms with Gasteiger partial charge in [-0.2, -0.15) is 0 Å². The highest BCUT2D eigenvalue weighted by Gasteiger charge is 2.28. The van der Waals surface area contributed by atoms with E-state index < -0.39 is 5.91 Å². The number of aromatic amines is 1. The summed E-state index contributed by atoms with van der Waals surface area (Å²) in [4.78, 5) is 32.6. The number of imidazole rings is 1. The Morgan fingerprint density at radius 3 is 2.59 bits per heavy atom. The fourth-order valence-electron chi connectivity index (χ4n) is 4.78. The number of rotatable bonds is 5. The van der Waals surface area contributed by atoms with Crippen LogP contribution in [-0.4, -0.2) is 35.4 Å². The minimum Gasteiger partial charge on any atom is -0.366 e. The van der Waals surface area contributed by atoms with Gasteiger partial charge in [-0.05, 0) is 60.4 Å². The average Bonchev–Trinajstić information content (AvgIpc) is 3.63. The van der Waals surface area contributed by atoms with Gasteiger partial charge in [0.05, 0.1) is 29.8 Å². The molecule has 0 bridgehead atoms. The van der Waals surface area contributed by atoms with Crippen molar-refractivity contribution >= 4 is 29.1 Å². The molecule has 0 unspecified atom stereocenters. The van der Waals surface area contributed by atoms with Crippen molar-refractivity contribution in [2.75, 3.05) is 0 Å². The maximum atomic E-state index is 13.4. The Morgan fingerprint density at radius 1 is 1.05 bits per heavy atom. The Hall–Kier alpha value is -4.21. The van der Waals surface area contributed by atoms with E-state index >= 15 is 0 Å². The van der Waals surface area contributed by atoms with Gasteiger partial charge < -0.3 is 15.3 Å². The summed E-state index contributed by atoms with van der Waals surface area (Å²) in [6, 6.07) is 15.7. The summed E-state index contributed by atoms with van der Waals surface area (Å²) in [5.74, 6) is 0.219. The summed E-state index contributed by atoms with van der Waals surface area (Å²) >= 11 is 12.3. The Kier molecular flexibility index (Phi) is 5.66. The van der Waals surface area contributed by atoms with Crippen molar-refractivity contribution < 1.29 is 4.79 Å². The van der Waals surface area contributed by atoms with Crippen molar-refractivity contribution in [3.05, 3.63) is 105 Å². The monoisotopic (exact) mass is 531 g/mol. The first-order valence-corrected chi connectivity index (χ1v) is 12.2. The summed E-state index contributed by atoms with van der Waals surface area (Å²) in [5, 5.41) is 8.72. The molecular weight excluding hydrogens is 513 g/mol. The van der Waals surface area contributed by atoms with Crippen molar-refractivity contribution in [1.82, 2.24) is 29.5 Å². The number of hydrogen-bond donors (Lipinski definition) is 2. The number of pyridine rings is 1. The topological polar surface area (TPSA) is 124 Å². The number of amides is 1. The fourth-order valence-corrected chi connectivity index (χ4v) is 5.07. The third-order valence-corrected chi connectivity index (χ3v) is 6.92. The van der Waals surface area contributed by atoms with E-state index in [1.807, 2.05) is 24.3 Å². The Labute approximate surface area is 220 Å². The molecule has 3 N–H and O–H groups in total. The molecule has 1 aliphatic heterocycles. The molecule has 0 saturated carbocycles. The van der Waals surface area contributed by atoms with Crippen molar-refractivity contribution in [2.45, 2.75) is 18.9 Å². The third-order valence-electron chi connectivity index (χ3n) is 6.51. The van der Waals surface area contributed by atoms with E-state index in [-0.39, 0.29) is 16.8 Å². The quantitative estimate of drug-likeness (QED) is 0.347. The van der Waals surface area contributed by atoms with Crippen molar-refractivity contribution in [3.63, 3.8) is 0 Å². The normalized spacial score (nSPS) is 14.6. The summed E-state index contributed by atoms with van der Waals surface area (Å²) in [5.41, 5.74) is 10.4. The number of aryl methyl sites for hydroxylation is 1. The molecule has 4 heterocycles. The Morgan fingerprint density at radius 2 is 1.86 bits per heavy atom. The highest BCUT2D eigenvalue weighted by atomic mass is 35.5. The second-order valence-electron chi connectivity index (χ2n) is 8.77. The lowest BCUT2D eigenvalue weighted by molar-refractivity contribution is 0.100. The molecule has 1 amide bonds. The van der Waals surface area contributed by atoms with Crippen LogP contribution in [-0.2, 0) is 6.42 Å². The molecule has 9 nitrogen and oxygen atoms in total. The predicted octanol–water partition coefficient (Wildman–Crippen LogP) is 4.43. The van der Waals surface area contributed by atoms with Crippen molar-refractivity contribution in [3.8, 4) is 28.1 Å². The number of halogens is 2. The van der Waals surface area contributed by atoms with Crippen LogP contribution in [0.25, 0.3) is 28.1 Å². The SMILES string of the molecule is NC(=O)c1ccc(-c2cnc([C@@H]3CCc4cc(-c5cc(Cl)ccc5-n5cc(Cl)nn5)cc(=O)n43)[nH]2)cc1. The number of carbonyl (C=O) groups is 1. The number of hydrogen-bond acceptors (Lipinski definition) is 5. The number of nitrogens with two attached hydrogens (primary N) is 1. The molecule has 184 valence electrons. The number of primary amides is 1. The second-order valence-corrected chi connectivity index (χ2v) is 9.59. The minimum absolute atomic E-state index is 0.138. The van der Waals surface area contributed by atoms with Gasteiger partial charge in [0.1, 0.15) is 5.82 Å². The molecule has 11 heteroatoms. The molecule has 6 rings (SSSR count). The lowest BCUT2D eigenvalue weighted by Gasteiger charge is -2.15. The van der Waals surface area contributed by atoms with Gasteiger partial charge in [0.25, 0.3) is 5.56 Å². The molecule has 1 atom stereocenters. The van der Waals surface area contributed by atoms with Crippen LogP contribution in [0.5, 0.6) is 0 Å². The van der Waals surface area contributed by atoms with Crippen LogP contribution in [0.2, 0.25) is 10.2 Å². The van der Waals surface area contributed by atoms with Crippen LogP contribution >= 0.6 is 23.2 Å². The predicted molar refractivity (Wildman–Crippen MR) is 140 cm³/mol. The van der Waals surface area contributed by atoms with Gasteiger partial charge in [-0.3, -0.25) is 9.59 Å². The van der Waals surface area contributed by atoms with Gasteiger partial charge in [0, 0.05) is 27.9 Å². The minimum atomic E-state index is -0.479. The Bertz CT molecular complexity index is 1720. The molecule has 37 heavy (non-hydrogen) atoms. The van der Waals surface area contributed by atoms with E-state index in [9.17, 15) is 9.59 Å². The van der Waals surface area contributed by atoms with E-state index in [1.54, 1.807) is 52.0 Å². The zero-order chi connectivity index (χ0) is 25.7. The van der Waals surface area contributed by atoms with E-state index in [0.29, 0.717) is 28.5 Å². The number of nitrogens with zero attached hydrogens (tertiary/aromatic N) is 5. The lowest BCUT2D eigenvalue weighted by Crippen LogP contribution is -2.23. The van der Waals surface area contributed by atoms with Gasteiger partial charge in [0.2, 0.25) is 5.91 Å². The maximum Gasteiger partial charge on any atom is 0.252 e. The zero-order valence-corrected chi connectivity index (χ0v) is 20.7. The summed E-state index contributed by atoms with van der Waals surface area (Å²) < 4.78 is 3.33. The standard InChI is InChI=1S/C26H19Cl2N7O2/c27-17-5-7-21(34-13-23(28)32-33-34)19(11-17)16-9-18-6-8-22(35(18)24(36)10-16)26-30-12-20(31-26)14-1-3-15(4-2-14)25(29)37/h1-5,7,9-13,22H,6,8H2,(H2,29,37)(H,30,31)/t22-/m0/s1. The van der Waals surface area contributed by atoms with E-state index in [0.717, 1.165) is 34.5 Å². The number of H-pyrrole nitrogens is 1. The van der Waals surface area contributed by atoms with Crippen LogP contribution < -0.4 is 11.3 Å². The first-order chi connectivity index (χ1) is 17.9. The number of aromatic nitrogens is 6. The number of benzene rings is 2. The maximum absolute atomic E-state index is 13.4. The number of nitrogens with one attached hydrogen (secondary N) is 1. The van der Waals surface area contributed by atoms with Crippen LogP contribution in [0.3, 0.4) is 0 Å². The highest BCUT2D eigenvalue weighted by Crippen LogP contribution is 2.34. The molecule has 5 aromatic rings. The lowest BCUT2D eigenvalue weighted by atomic mass is 10.0. The van der Waals surface area contributed by atoms with E-state index in [2.05, 4.69) is 20.3 Å². The van der Waals surface area contributed by atoms with Crippen molar-refractivity contribution in [1.29, 1.82) is 0 Å². The molecule has 0 aliphatic carbocycles. The first-order valence-electron chi connectivity index (χ1n) is 11.5. The molecule has 0 radical (unpaired) electrons. The van der Waals surface area contributed by atoms with Crippen LogP contribution in [0.1, 0.15) is 34.3 Å². The molecule has 3 aromatic heterocycles. The number of fused-ring (bicyclic) bond motifs is 1. The summed E-state index contributed by atoms with van der Waals surface area (Å²) in [6.07, 6.45) is 4.77. The molecule has 2 aromatic carbocycles. The molecule has 0 spiro atoms. The van der Waals surface area contributed by atoms with Crippen LogP contribution in [0.15, 0.2) is 71.8 Å². The Balaban J connectivity index is 1.35. The zero-order valence-electron chi connectivity index (χ0n) is 19.2. The van der Waals surface area contributed by atoms with E-state index in [1.165, 1.54) is 0 Å². The van der Waals surface area contributed by atoms with Gasteiger partial charge in [0.15, 0.2) is 5.15 Å². The molecule has 0 saturated heterocycles. The fraction of sp³-hybridized carbons (Fsp3) is 0.115. The summed E-state index contributed by atoms with van der Waals surface area (Å²) in [7, 11) is 0. The molecule has 1 aliphatic rings. The second kappa shape index (κ2) is 9.02. The van der Waals surface area contributed by atoms with E-state index in [4.69, 9.17) is 28.9 Å². The first kappa shape index (κ1) is 23.2. The molecular formula is C26H19Cl2N7O2. The van der Waals surface area contributed by atoms with Gasteiger partial charge >= 0.3 is 0 Å². The highest BCUT2D eigenvalue weighted by molar-refractivity contribution is 6.31. The number of carbonyl (C=O) groups excluding carboxylic acids is 1. The van der Waals surface area contributed by atoms with Gasteiger partial charge in [-0.25, -0.2) is 9.67 Å². The van der Waals surface area contributed by atoms with Crippen LogP contribution in [0.4, 0.5) is 0 Å². The van der Waals surface area contributed by atoms with Crippen molar-refractivity contribution in [2.24, 2.45) is 5.73 Å². The summed E-state index contributed by atoms with van der Waals surface area (Å²) in [6.45, 7) is 0.